The molecular weight excluding hydrogens is 298 g/mol. The molecule has 0 unspecified atom stereocenters. The summed E-state index contributed by atoms with van der Waals surface area (Å²) in [6.45, 7) is 0. The molecule has 1 aromatic heterocycles. The van der Waals surface area contributed by atoms with Crippen LogP contribution in [0.2, 0.25) is 0 Å². The number of nitrogens with one attached hydrogen (secondary N) is 1. The van der Waals surface area contributed by atoms with Gasteiger partial charge < -0.3 is 9.72 Å². The molecule has 0 radical (unpaired) electrons. The third-order valence-electron chi connectivity index (χ3n) is 2.32. The summed E-state index contributed by atoms with van der Waals surface area (Å²) in [5.41, 5.74) is 1.64. The third-order valence-corrected chi connectivity index (χ3v) is 3.82. The zero-order valence-corrected chi connectivity index (χ0v) is 13.0. The lowest BCUT2D eigenvalue weighted by molar-refractivity contribution is -0.115. The number of nitrogens with zero attached hydrogens (tertiary/aromatic N) is 2. The SMILES string of the molecule is COc1ccc2nc(SCC(=O)N=S(C)(C)=O)[nH]c2c1. The molecule has 8 heteroatoms. The molecule has 6 nitrogen and oxygen atoms in total. The number of carbonyl (C=O) groups is 1. The van der Waals surface area contributed by atoms with Gasteiger partial charge in [-0.05, 0) is 12.1 Å². The average Bonchev–Trinajstić information content (AvgIpc) is 2.75. The number of imidazole rings is 1. The van der Waals surface area contributed by atoms with Gasteiger partial charge in [0.05, 0.1) is 23.9 Å². The summed E-state index contributed by atoms with van der Waals surface area (Å²) in [7, 11) is -0.799. The number of carbonyl (C=O) groups excluding carboxylic acids is 1. The van der Waals surface area contributed by atoms with Crippen LogP contribution < -0.4 is 4.74 Å². The third kappa shape index (κ3) is 3.97. The maximum Gasteiger partial charge on any atom is 0.264 e. The van der Waals surface area contributed by atoms with Crippen LogP contribution in [0.5, 0.6) is 5.75 Å². The molecular formula is C12H15N3O3S2. The van der Waals surface area contributed by atoms with E-state index in [1.165, 1.54) is 24.3 Å². The first kappa shape index (κ1) is 14.9. The van der Waals surface area contributed by atoms with Gasteiger partial charge in [-0.25, -0.2) is 9.19 Å². The van der Waals surface area contributed by atoms with Crippen LogP contribution in [-0.4, -0.2) is 45.5 Å². The number of methoxy groups -OCH3 is 1. The van der Waals surface area contributed by atoms with Gasteiger partial charge in [0.15, 0.2) is 5.16 Å². The molecule has 1 aromatic carbocycles. The Morgan fingerprint density at radius 1 is 1.50 bits per heavy atom. The molecule has 1 amide bonds. The van der Waals surface area contributed by atoms with Crippen molar-refractivity contribution < 1.29 is 13.7 Å². The number of hydrogen-bond donors (Lipinski definition) is 1. The number of benzene rings is 1. The normalized spacial score (nSPS) is 11.6. The number of rotatable bonds is 4. The maximum absolute atomic E-state index is 11.5. The highest BCUT2D eigenvalue weighted by Gasteiger charge is 2.08. The molecule has 108 valence electrons. The summed E-state index contributed by atoms with van der Waals surface area (Å²) >= 11 is 1.23. The van der Waals surface area contributed by atoms with Crippen molar-refractivity contribution >= 4 is 38.4 Å². The van der Waals surface area contributed by atoms with Crippen LogP contribution in [0.4, 0.5) is 0 Å². The Morgan fingerprint density at radius 3 is 2.90 bits per heavy atom. The van der Waals surface area contributed by atoms with Gasteiger partial charge in [-0.1, -0.05) is 11.8 Å². The van der Waals surface area contributed by atoms with E-state index in [2.05, 4.69) is 14.3 Å². The Balaban J connectivity index is 2.11. The topological polar surface area (TPSA) is 84.4 Å². The van der Waals surface area contributed by atoms with Crippen molar-refractivity contribution in [2.45, 2.75) is 5.16 Å². The van der Waals surface area contributed by atoms with Crippen molar-refractivity contribution in [3.8, 4) is 5.75 Å². The van der Waals surface area contributed by atoms with Gasteiger partial charge in [0.2, 0.25) is 0 Å². The summed E-state index contributed by atoms with van der Waals surface area (Å²) in [5.74, 6) is 0.443. The summed E-state index contributed by atoms with van der Waals surface area (Å²) in [6.07, 6.45) is 2.87. The van der Waals surface area contributed by atoms with E-state index in [-0.39, 0.29) is 5.75 Å². The molecule has 1 heterocycles. The fraction of sp³-hybridized carbons (Fsp3) is 0.333. The highest BCUT2D eigenvalue weighted by Crippen LogP contribution is 2.23. The largest absolute Gasteiger partial charge is 0.497 e. The highest BCUT2D eigenvalue weighted by atomic mass is 32.2. The second-order valence-corrected chi connectivity index (χ2v) is 7.89. The van der Waals surface area contributed by atoms with Crippen molar-refractivity contribution in [3.05, 3.63) is 18.2 Å². The summed E-state index contributed by atoms with van der Waals surface area (Å²) in [4.78, 5) is 19.0. The van der Waals surface area contributed by atoms with Crippen LogP contribution in [0.1, 0.15) is 0 Å². The van der Waals surface area contributed by atoms with Crippen LogP contribution in [0.3, 0.4) is 0 Å². The fourth-order valence-electron chi connectivity index (χ4n) is 1.56. The fourth-order valence-corrected chi connectivity index (χ4v) is 2.87. The van der Waals surface area contributed by atoms with Crippen LogP contribution in [-0.2, 0) is 14.5 Å². The van der Waals surface area contributed by atoms with Gasteiger partial charge in [0.1, 0.15) is 5.75 Å². The number of hydrogen-bond acceptors (Lipinski definition) is 5. The molecule has 0 spiro atoms. The lowest BCUT2D eigenvalue weighted by Crippen LogP contribution is -2.02. The van der Waals surface area contributed by atoms with Gasteiger partial charge in [-0.2, -0.15) is 4.36 Å². The molecule has 1 N–H and O–H groups in total. The quantitative estimate of drug-likeness (QED) is 0.872. The number of thioether (sulfide) groups is 1. The lowest BCUT2D eigenvalue weighted by Gasteiger charge is -1.96. The van der Waals surface area contributed by atoms with E-state index in [1.807, 2.05) is 18.2 Å². The number of H-pyrrole nitrogens is 1. The highest BCUT2D eigenvalue weighted by molar-refractivity contribution is 8.00. The summed E-state index contributed by atoms with van der Waals surface area (Å²) in [5, 5.41) is 0.621. The minimum atomic E-state index is -2.40. The monoisotopic (exact) mass is 313 g/mol. The first-order chi connectivity index (χ1) is 9.37. The van der Waals surface area contributed by atoms with Crippen LogP contribution in [0.25, 0.3) is 11.0 Å². The zero-order chi connectivity index (χ0) is 14.8. The number of amides is 1. The van der Waals surface area contributed by atoms with E-state index < -0.39 is 15.6 Å². The number of ether oxygens (including phenoxy) is 1. The Bertz CT molecular complexity index is 752. The second-order valence-electron chi connectivity index (χ2n) is 4.38. The van der Waals surface area contributed by atoms with Gasteiger partial charge in [0, 0.05) is 28.3 Å². The molecule has 0 atom stereocenters. The van der Waals surface area contributed by atoms with E-state index in [4.69, 9.17) is 4.74 Å². The Morgan fingerprint density at radius 2 is 2.25 bits per heavy atom. The van der Waals surface area contributed by atoms with Gasteiger partial charge >= 0.3 is 0 Å². The van der Waals surface area contributed by atoms with Crippen molar-refractivity contribution in [3.63, 3.8) is 0 Å². The molecule has 2 rings (SSSR count). The lowest BCUT2D eigenvalue weighted by atomic mass is 10.3. The van der Waals surface area contributed by atoms with Crippen LogP contribution in [0.15, 0.2) is 27.7 Å². The number of aromatic amines is 1. The van der Waals surface area contributed by atoms with E-state index in [0.717, 1.165) is 16.8 Å². The van der Waals surface area contributed by atoms with Crippen LogP contribution in [0, 0.1) is 0 Å². The zero-order valence-electron chi connectivity index (χ0n) is 11.4. The van der Waals surface area contributed by atoms with E-state index in [1.54, 1.807) is 7.11 Å². The smallest absolute Gasteiger partial charge is 0.264 e. The van der Waals surface area contributed by atoms with Gasteiger partial charge in [-0.3, -0.25) is 4.79 Å². The maximum atomic E-state index is 11.5. The minimum Gasteiger partial charge on any atom is -0.497 e. The predicted molar refractivity (Wildman–Crippen MR) is 80.8 cm³/mol. The van der Waals surface area contributed by atoms with E-state index >= 15 is 0 Å². The van der Waals surface area contributed by atoms with E-state index in [0.29, 0.717) is 5.16 Å². The van der Waals surface area contributed by atoms with Gasteiger partial charge in [0.25, 0.3) is 5.91 Å². The molecule has 20 heavy (non-hydrogen) atoms. The van der Waals surface area contributed by atoms with Crippen molar-refractivity contribution in [1.29, 1.82) is 0 Å². The molecule has 0 aliphatic rings. The summed E-state index contributed by atoms with van der Waals surface area (Å²) in [6, 6.07) is 5.50. The average molecular weight is 313 g/mol. The van der Waals surface area contributed by atoms with Crippen molar-refractivity contribution in [1.82, 2.24) is 9.97 Å². The molecule has 2 aromatic rings. The Hall–Kier alpha value is -1.54. The first-order valence-corrected chi connectivity index (χ1v) is 9.05. The van der Waals surface area contributed by atoms with Gasteiger partial charge in [-0.15, -0.1) is 0 Å². The molecule has 0 aliphatic heterocycles. The molecule has 0 fully saturated rings. The predicted octanol–water partition coefficient (Wildman–Crippen LogP) is 1.92. The number of aromatic nitrogens is 2. The Labute approximate surface area is 121 Å². The number of fused-ring (bicyclic) bond motifs is 1. The molecule has 0 saturated carbocycles. The minimum absolute atomic E-state index is 0.107. The molecule has 0 saturated heterocycles. The van der Waals surface area contributed by atoms with Crippen molar-refractivity contribution in [2.75, 3.05) is 25.4 Å². The molecule has 0 aliphatic carbocycles. The summed E-state index contributed by atoms with van der Waals surface area (Å²) < 4.78 is 20.1. The molecule has 0 bridgehead atoms. The second kappa shape index (κ2) is 5.84. The first-order valence-electron chi connectivity index (χ1n) is 5.74. The Kier molecular flexibility index (Phi) is 4.34. The van der Waals surface area contributed by atoms with Crippen molar-refractivity contribution in [2.24, 2.45) is 4.36 Å². The van der Waals surface area contributed by atoms with E-state index in [9.17, 15) is 9.00 Å². The standard InChI is InChI=1S/C12H15N3O3S2/c1-18-8-4-5-9-10(6-8)14-12(13-9)19-7-11(16)15-20(2,3)17/h4-6H,7H2,1-3H3,(H,13,14). The van der Waals surface area contributed by atoms with Crippen LogP contribution >= 0.6 is 11.8 Å².